The van der Waals surface area contributed by atoms with Gasteiger partial charge in [-0.3, -0.25) is 4.79 Å². The van der Waals surface area contributed by atoms with Crippen LogP contribution in [0.25, 0.3) is 11.0 Å². The van der Waals surface area contributed by atoms with E-state index in [-0.39, 0.29) is 6.61 Å². The van der Waals surface area contributed by atoms with Crippen molar-refractivity contribution in [2.24, 2.45) is 5.92 Å². The van der Waals surface area contributed by atoms with Crippen molar-refractivity contribution in [3.63, 3.8) is 0 Å². The lowest BCUT2D eigenvalue weighted by Crippen LogP contribution is -2.17. The second-order valence-electron chi connectivity index (χ2n) is 4.46. The molecule has 100 valence electrons. The van der Waals surface area contributed by atoms with Gasteiger partial charge in [-0.15, -0.1) is 0 Å². The number of carbonyl (C=O) groups is 1. The molecule has 0 bridgehead atoms. The Balaban J connectivity index is 2.27. The van der Waals surface area contributed by atoms with Crippen LogP contribution in [-0.4, -0.2) is 17.7 Å². The average Bonchev–Trinajstić information content (AvgIpc) is 2.35. The molecule has 0 saturated carbocycles. The van der Waals surface area contributed by atoms with Gasteiger partial charge in [-0.25, -0.2) is 4.79 Å². The third kappa shape index (κ3) is 2.93. The van der Waals surface area contributed by atoms with Gasteiger partial charge in [-0.1, -0.05) is 0 Å². The van der Waals surface area contributed by atoms with E-state index in [1.54, 1.807) is 25.1 Å². The number of aliphatic carboxylic acids is 1. The Kier molecular flexibility index (Phi) is 3.55. The molecule has 0 spiro atoms. The van der Waals surface area contributed by atoms with Gasteiger partial charge in [0.2, 0.25) is 0 Å². The summed E-state index contributed by atoms with van der Waals surface area (Å²) in [6, 6.07) is 6.53. The van der Waals surface area contributed by atoms with Gasteiger partial charge in [-0.2, -0.15) is 0 Å². The number of benzene rings is 1. The minimum Gasteiger partial charge on any atom is -0.493 e. The summed E-state index contributed by atoms with van der Waals surface area (Å²) in [5.74, 6) is -1.03. The Bertz CT molecular complexity index is 671. The minimum absolute atomic E-state index is 0.0664. The SMILES string of the molecule is Cc1cc(=O)oc2cc(OCC(C)C(=O)O)ccc12. The third-order valence-electron chi connectivity index (χ3n) is 2.84. The van der Waals surface area contributed by atoms with Crippen molar-refractivity contribution in [3.8, 4) is 5.75 Å². The molecule has 1 aromatic heterocycles. The van der Waals surface area contributed by atoms with Gasteiger partial charge in [0.1, 0.15) is 17.9 Å². The maximum atomic E-state index is 11.3. The summed E-state index contributed by atoms with van der Waals surface area (Å²) in [7, 11) is 0. The second-order valence-corrected chi connectivity index (χ2v) is 4.46. The number of ether oxygens (including phenoxy) is 1. The van der Waals surface area contributed by atoms with Crippen molar-refractivity contribution >= 4 is 16.9 Å². The first-order chi connectivity index (χ1) is 8.97. The lowest BCUT2D eigenvalue weighted by molar-refractivity contribution is -0.142. The molecule has 0 saturated heterocycles. The third-order valence-corrected chi connectivity index (χ3v) is 2.84. The van der Waals surface area contributed by atoms with Crippen LogP contribution in [0.3, 0.4) is 0 Å². The van der Waals surface area contributed by atoms with Crippen LogP contribution in [0.4, 0.5) is 0 Å². The molecule has 5 nitrogen and oxygen atoms in total. The van der Waals surface area contributed by atoms with Gasteiger partial charge in [-0.05, 0) is 31.5 Å². The highest BCUT2D eigenvalue weighted by Crippen LogP contribution is 2.22. The van der Waals surface area contributed by atoms with Crippen LogP contribution in [0, 0.1) is 12.8 Å². The maximum absolute atomic E-state index is 11.3. The highest BCUT2D eigenvalue weighted by Gasteiger charge is 2.12. The zero-order chi connectivity index (χ0) is 14.0. The van der Waals surface area contributed by atoms with Gasteiger partial charge in [0.05, 0.1) is 5.92 Å². The molecule has 0 fully saturated rings. The molecule has 0 aliphatic rings. The van der Waals surface area contributed by atoms with Gasteiger partial charge in [0, 0.05) is 17.5 Å². The monoisotopic (exact) mass is 262 g/mol. The highest BCUT2D eigenvalue weighted by molar-refractivity contribution is 5.81. The van der Waals surface area contributed by atoms with Crippen LogP contribution in [0.2, 0.25) is 0 Å². The standard InChI is InChI=1S/C14H14O5/c1-8-5-13(15)19-12-6-10(3-4-11(8)12)18-7-9(2)14(16)17/h3-6,9H,7H2,1-2H3,(H,16,17). The van der Waals surface area contributed by atoms with Crippen LogP contribution < -0.4 is 10.4 Å². The molecular formula is C14H14O5. The number of aryl methyl sites for hydroxylation is 1. The van der Waals surface area contributed by atoms with E-state index in [1.165, 1.54) is 6.07 Å². The molecule has 1 atom stereocenters. The summed E-state index contributed by atoms with van der Waals surface area (Å²) in [5.41, 5.74) is 0.850. The molecule has 1 heterocycles. The lowest BCUT2D eigenvalue weighted by atomic mass is 10.1. The fraction of sp³-hybridized carbons (Fsp3) is 0.286. The van der Waals surface area contributed by atoms with E-state index in [2.05, 4.69) is 0 Å². The molecule has 0 aliphatic heterocycles. The van der Waals surface area contributed by atoms with E-state index >= 15 is 0 Å². The Morgan fingerprint density at radius 3 is 2.84 bits per heavy atom. The van der Waals surface area contributed by atoms with Crippen molar-refractivity contribution < 1.29 is 19.1 Å². The van der Waals surface area contributed by atoms with Gasteiger partial charge in [0.15, 0.2) is 0 Å². The molecule has 0 amide bonds. The zero-order valence-electron chi connectivity index (χ0n) is 10.7. The first kappa shape index (κ1) is 13.1. The fourth-order valence-corrected chi connectivity index (χ4v) is 1.69. The molecule has 0 radical (unpaired) electrons. The molecule has 0 aliphatic carbocycles. The number of carboxylic acids is 1. The fourth-order valence-electron chi connectivity index (χ4n) is 1.69. The van der Waals surface area contributed by atoms with Crippen molar-refractivity contribution in [1.82, 2.24) is 0 Å². The summed E-state index contributed by atoms with van der Waals surface area (Å²) < 4.78 is 10.5. The van der Waals surface area contributed by atoms with E-state index in [0.29, 0.717) is 11.3 Å². The largest absolute Gasteiger partial charge is 0.493 e. The van der Waals surface area contributed by atoms with Crippen LogP contribution in [0.1, 0.15) is 12.5 Å². The van der Waals surface area contributed by atoms with Crippen LogP contribution in [-0.2, 0) is 4.79 Å². The smallest absolute Gasteiger partial charge is 0.336 e. The van der Waals surface area contributed by atoms with Crippen molar-refractivity contribution in [3.05, 3.63) is 40.2 Å². The normalized spacial score (nSPS) is 12.3. The molecule has 19 heavy (non-hydrogen) atoms. The predicted octanol–water partition coefficient (Wildman–Crippen LogP) is 2.20. The zero-order valence-corrected chi connectivity index (χ0v) is 10.7. The summed E-state index contributed by atoms with van der Waals surface area (Å²) in [6.45, 7) is 3.46. The van der Waals surface area contributed by atoms with Crippen LogP contribution in [0.15, 0.2) is 33.5 Å². The topological polar surface area (TPSA) is 76.7 Å². The molecule has 1 N–H and O–H groups in total. The molecular weight excluding hydrogens is 248 g/mol. The van der Waals surface area contributed by atoms with E-state index in [0.717, 1.165) is 10.9 Å². The summed E-state index contributed by atoms with van der Waals surface area (Å²) >= 11 is 0. The van der Waals surface area contributed by atoms with Crippen molar-refractivity contribution in [2.75, 3.05) is 6.61 Å². The van der Waals surface area contributed by atoms with Crippen molar-refractivity contribution in [2.45, 2.75) is 13.8 Å². The quantitative estimate of drug-likeness (QED) is 0.855. The number of hydrogen-bond acceptors (Lipinski definition) is 4. The molecule has 5 heteroatoms. The highest BCUT2D eigenvalue weighted by atomic mass is 16.5. The Labute approximate surface area is 109 Å². The Morgan fingerprint density at radius 2 is 2.16 bits per heavy atom. The van der Waals surface area contributed by atoms with E-state index in [1.807, 2.05) is 6.92 Å². The van der Waals surface area contributed by atoms with E-state index < -0.39 is 17.5 Å². The molecule has 2 aromatic rings. The number of fused-ring (bicyclic) bond motifs is 1. The molecule has 2 rings (SSSR count). The predicted molar refractivity (Wildman–Crippen MR) is 69.5 cm³/mol. The summed E-state index contributed by atoms with van der Waals surface area (Å²) in [5, 5.41) is 9.60. The van der Waals surface area contributed by atoms with Gasteiger partial charge >= 0.3 is 11.6 Å². The van der Waals surface area contributed by atoms with E-state index in [4.69, 9.17) is 14.3 Å². The number of hydrogen-bond donors (Lipinski definition) is 1. The first-order valence-corrected chi connectivity index (χ1v) is 5.87. The average molecular weight is 262 g/mol. The Hall–Kier alpha value is -2.30. The first-order valence-electron chi connectivity index (χ1n) is 5.87. The molecule has 1 aromatic carbocycles. The van der Waals surface area contributed by atoms with Crippen LogP contribution >= 0.6 is 0 Å². The second kappa shape index (κ2) is 5.14. The maximum Gasteiger partial charge on any atom is 0.336 e. The summed E-state index contributed by atoms with van der Waals surface area (Å²) in [4.78, 5) is 22.0. The van der Waals surface area contributed by atoms with Gasteiger partial charge in [0.25, 0.3) is 0 Å². The summed E-state index contributed by atoms with van der Waals surface area (Å²) in [6.07, 6.45) is 0. The number of rotatable bonds is 4. The van der Waals surface area contributed by atoms with Crippen molar-refractivity contribution in [1.29, 1.82) is 0 Å². The lowest BCUT2D eigenvalue weighted by Gasteiger charge is -2.09. The minimum atomic E-state index is -0.914. The van der Waals surface area contributed by atoms with Crippen LogP contribution in [0.5, 0.6) is 5.75 Å². The molecule has 1 unspecified atom stereocenters. The number of carboxylic acid groups (broad SMARTS) is 1. The van der Waals surface area contributed by atoms with E-state index in [9.17, 15) is 9.59 Å². The Morgan fingerprint density at radius 1 is 1.42 bits per heavy atom. The van der Waals surface area contributed by atoms with Gasteiger partial charge < -0.3 is 14.3 Å².